The number of hydrogen-bond acceptors (Lipinski definition) is 5. The molecule has 2 aromatic rings. The Bertz CT molecular complexity index is 773. The zero-order valence-electron chi connectivity index (χ0n) is 14.4. The van der Waals surface area contributed by atoms with Gasteiger partial charge in [-0.15, -0.1) is 0 Å². The second kappa shape index (κ2) is 7.36. The minimum absolute atomic E-state index is 0.101. The second-order valence-corrected chi connectivity index (χ2v) is 7.01. The SMILES string of the molecule is O=C(c1cc(-n2cccn2)ccc1Cl)N1CCO[C@]2(CNCCOC2)C1. The van der Waals surface area contributed by atoms with Crippen molar-refractivity contribution in [2.75, 3.05) is 46.0 Å². The number of nitrogens with zero attached hydrogens (tertiary/aromatic N) is 3. The number of halogens is 1. The van der Waals surface area contributed by atoms with Gasteiger partial charge in [-0.25, -0.2) is 4.68 Å². The van der Waals surface area contributed by atoms with Gasteiger partial charge >= 0.3 is 0 Å². The Hall–Kier alpha value is -1.93. The summed E-state index contributed by atoms with van der Waals surface area (Å²) in [6, 6.07) is 7.19. The maximum Gasteiger partial charge on any atom is 0.255 e. The monoisotopic (exact) mass is 376 g/mol. The molecule has 1 spiro atoms. The Morgan fingerprint density at radius 3 is 3.12 bits per heavy atom. The molecule has 7 nitrogen and oxygen atoms in total. The summed E-state index contributed by atoms with van der Waals surface area (Å²) in [6.45, 7) is 4.06. The fourth-order valence-electron chi connectivity index (χ4n) is 3.39. The van der Waals surface area contributed by atoms with Crippen LogP contribution in [0.2, 0.25) is 5.02 Å². The zero-order valence-corrected chi connectivity index (χ0v) is 15.1. The van der Waals surface area contributed by atoms with E-state index in [0.29, 0.717) is 50.0 Å². The van der Waals surface area contributed by atoms with Crippen LogP contribution in [0.5, 0.6) is 0 Å². The third-order valence-corrected chi connectivity index (χ3v) is 5.05. The molecule has 2 aliphatic heterocycles. The summed E-state index contributed by atoms with van der Waals surface area (Å²) in [5.74, 6) is -0.101. The highest BCUT2D eigenvalue weighted by Gasteiger charge is 2.40. The molecule has 2 aliphatic rings. The Balaban J connectivity index is 1.58. The molecule has 138 valence electrons. The van der Waals surface area contributed by atoms with E-state index in [2.05, 4.69) is 10.4 Å². The number of morpholine rings is 1. The molecule has 1 aromatic carbocycles. The van der Waals surface area contributed by atoms with Gasteiger partial charge in [-0.05, 0) is 24.3 Å². The van der Waals surface area contributed by atoms with Gasteiger partial charge in [-0.2, -0.15) is 5.10 Å². The normalized spacial score (nSPS) is 23.8. The van der Waals surface area contributed by atoms with Gasteiger partial charge < -0.3 is 19.7 Å². The molecule has 26 heavy (non-hydrogen) atoms. The van der Waals surface area contributed by atoms with E-state index in [0.717, 1.165) is 12.2 Å². The molecule has 1 aromatic heterocycles. The number of carbonyl (C=O) groups excluding carboxylic acids is 1. The molecular weight excluding hydrogens is 356 g/mol. The highest BCUT2D eigenvalue weighted by molar-refractivity contribution is 6.33. The Morgan fingerprint density at radius 1 is 1.35 bits per heavy atom. The van der Waals surface area contributed by atoms with Crippen molar-refractivity contribution in [3.8, 4) is 5.69 Å². The van der Waals surface area contributed by atoms with E-state index in [9.17, 15) is 4.79 Å². The number of hydrogen-bond donors (Lipinski definition) is 1. The van der Waals surface area contributed by atoms with E-state index in [1.54, 1.807) is 27.9 Å². The van der Waals surface area contributed by atoms with Gasteiger partial charge in [-0.1, -0.05) is 11.6 Å². The molecule has 1 atom stereocenters. The van der Waals surface area contributed by atoms with Gasteiger partial charge in [0, 0.05) is 32.0 Å². The molecular formula is C18H21ClN4O3. The van der Waals surface area contributed by atoms with Crippen molar-refractivity contribution in [1.29, 1.82) is 0 Å². The fourth-order valence-corrected chi connectivity index (χ4v) is 3.59. The molecule has 2 saturated heterocycles. The van der Waals surface area contributed by atoms with Crippen LogP contribution in [0.25, 0.3) is 5.69 Å². The number of ether oxygens (including phenoxy) is 2. The molecule has 0 unspecified atom stereocenters. The van der Waals surface area contributed by atoms with Crippen LogP contribution in [0.15, 0.2) is 36.7 Å². The molecule has 0 aliphatic carbocycles. The smallest absolute Gasteiger partial charge is 0.255 e. The van der Waals surface area contributed by atoms with Crippen LogP contribution in [-0.4, -0.2) is 72.2 Å². The number of rotatable bonds is 2. The fraction of sp³-hybridized carbons (Fsp3) is 0.444. The summed E-state index contributed by atoms with van der Waals surface area (Å²) in [5.41, 5.74) is 0.764. The molecule has 8 heteroatoms. The van der Waals surface area contributed by atoms with Gasteiger partial charge in [0.05, 0.1) is 42.6 Å². The lowest BCUT2D eigenvalue weighted by Crippen LogP contribution is -2.59. The third-order valence-electron chi connectivity index (χ3n) is 4.72. The summed E-state index contributed by atoms with van der Waals surface area (Å²) >= 11 is 6.33. The van der Waals surface area contributed by atoms with Gasteiger partial charge in [0.1, 0.15) is 5.60 Å². The summed E-state index contributed by atoms with van der Waals surface area (Å²) in [6.07, 6.45) is 3.52. The summed E-state index contributed by atoms with van der Waals surface area (Å²) in [7, 11) is 0. The van der Waals surface area contributed by atoms with Crippen LogP contribution in [0.1, 0.15) is 10.4 Å². The van der Waals surface area contributed by atoms with Gasteiger partial charge in [0.2, 0.25) is 0 Å². The van der Waals surface area contributed by atoms with Gasteiger partial charge in [0.15, 0.2) is 0 Å². The average molecular weight is 377 g/mol. The van der Waals surface area contributed by atoms with Crippen molar-refractivity contribution in [2.45, 2.75) is 5.60 Å². The lowest BCUT2D eigenvalue weighted by Gasteiger charge is -2.41. The minimum atomic E-state index is -0.503. The molecule has 0 saturated carbocycles. The van der Waals surface area contributed by atoms with E-state index in [1.807, 2.05) is 18.3 Å². The molecule has 0 bridgehead atoms. The molecule has 2 fully saturated rings. The van der Waals surface area contributed by atoms with Crippen LogP contribution in [0.4, 0.5) is 0 Å². The van der Waals surface area contributed by atoms with Crippen molar-refractivity contribution >= 4 is 17.5 Å². The van der Waals surface area contributed by atoms with E-state index in [1.165, 1.54) is 0 Å². The summed E-state index contributed by atoms with van der Waals surface area (Å²) in [4.78, 5) is 14.9. The highest BCUT2D eigenvalue weighted by Crippen LogP contribution is 2.25. The molecule has 1 N–H and O–H groups in total. The zero-order chi connectivity index (χ0) is 18.0. The van der Waals surface area contributed by atoms with Crippen molar-refractivity contribution in [3.63, 3.8) is 0 Å². The van der Waals surface area contributed by atoms with Crippen molar-refractivity contribution in [3.05, 3.63) is 47.2 Å². The number of amides is 1. The maximum absolute atomic E-state index is 13.1. The van der Waals surface area contributed by atoms with E-state index in [-0.39, 0.29) is 5.91 Å². The quantitative estimate of drug-likeness (QED) is 0.857. The van der Waals surface area contributed by atoms with Crippen LogP contribution >= 0.6 is 11.6 Å². The predicted octanol–water partition coefficient (Wildman–Crippen LogP) is 1.36. The predicted molar refractivity (Wildman–Crippen MR) is 96.8 cm³/mol. The van der Waals surface area contributed by atoms with Gasteiger partial charge in [0.25, 0.3) is 5.91 Å². The molecule has 3 heterocycles. The van der Waals surface area contributed by atoms with Gasteiger partial charge in [-0.3, -0.25) is 4.79 Å². The van der Waals surface area contributed by atoms with Crippen LogP contribution < -0.4 is 5.32 Å². The lowest BCUT2D eigenvalue weighted by molar-refractivity contribution is -0.125. The largest absolute Gasteiger partial charge is 0.377 e. The van der Waals surface area contributed by atoms with E-state index in [4.69, 9.17) is 21.1 Å². The Labute approximate surface area is 156 Å². The molecule has 0 radical (unpaired) electrons. The lowest BCUT2D eigenvalue weighted by atomic mass is 10.0. The number of carbonyl (C=O) groups is 1. The summed E-state index contributed by atoms with van der Waals surface area (Å²) in [5, 5.41) is 7.96. The first kappa shape index (κ1) is 17.5. The first-order chi connectivity index (χ1) is 12.7. The first-order valence-electron chi connectivity index (χ1n) is 8.68. The second-order valence-electron chi connectivity index (χ2n) is 6.60. The Morgan fingerprint density at radius 2 is 2.27 bits per heavy atom. The number of benzene rings is 1. The maximum atomic E-state index is 13.1. The van der Waals surface area contributed by atoms with E-state index < -0.39 is 5.60 Å². The average Bonchev–Trinajstić information content (AvgIpc) is 3.11. The third kappa shape index (κ3) is 3.48. The van der Waals surface area contributed by atoms with Crippen LogP contribution in [0.3, 0.4) is 0 Å². The van der Waals surface area contributed by atoms with E-state index >= 15 is 0 Å². The highest BCUT2D eigenvalue weighted by atomic mass is 35.5. The first-order valence-corrected chi connectivity index (χ1v) is 9.06. The topological polar surface area (TPSA) is 68.6 Å². The Kier molecular flexibility index (Phi) is 4.95. The van der Waals surface area contributed by atoms with Crippen LogP contribution in [-0.2, 0) is 9.47 Å². The molecule has 4 rings (SSSR count). The van der Waals surface area contributed by atoms with Crippen molar-refractivity contribution in [2.24, 2.45) is 0 Å². The molecule has 1 amide bonds. The number of aromatic nitrogens is 2. The number of nitrogens with one attached hydrogen (secondary N) is 1. The minimum Gasteiger partial charge on any atom is -0.377 e. The van der Waals surface area contributed by atoms with Crippen molar-refractivity contribution < 1.29 is 14.3 Å². The van der Waals surface area contributed by atoms with Crippen LogP contribution in [0, 0.1) is 0 Å². The standard InChI is InChI=1S/C18H21ClN4O3/c19-16-3-2-14(23-6-1-4-21-23)10-15(16)17(24)22-7-9-26-18(12-22)11-20-5-8-25-13-18/h1-4,6,10,20H,5,7-9,11-13H2/t18-/m1/s1. The summed E-state index contributed by atoms with van der Waals surface area (Å²) < 4.78 is 13.3. The van der Waals surface area contributed by atoms with Crippen molar-refractivity contribution in [1.82, 2.24) is 20.0 Å².